The molecule has 0 saturated carbocycles. The minimum atomic E-state index is -1.14. The second kappa shape index (κ2) is 6.01. The van der Waals surface area contributed by atoms with Gasteiger partial charge in [-0.3, -0.25) is 0 Å². The van der Waals surface area contributed by atoms with E-state index in [1.165, 1.54) is 6.07 Å². The normalized spacial score (nSPS) is 12.5. The van der Waals surface area contributed by atoms with E-state index in [4.69, 9.17) is 4.74 Å². The van der Waals surface area contributed by atoms with E-state index in [-0.39, 0.29) is 11.7 Å². The lowest BCUT2D eigenvalue weighted by Crippen LogP contribution is -2.06. The van der Waals surface area contributed by atoms with E-state index in [1.807, 2.05) is 13.8 Å². The number of aliphatic hydroxyl groups excluding tert-OH is 1. The molecule has 2 rings (SSSR count). The van der Waals surface area contributed by atoms with Gasteiger partial charge in [0.05, 0.1) is 6.10 Å². The molecule has 2 nitrogen and oxygen atoms in total. The Balaban J connectivity index is 2.22. The number of rotatable bonds is 4. The van der Waals surface area contributed by atoms with Gasteiger partial charge in [0.15, 0.2) is 0 Å². The Kier molecular flexibility index (Phi) is 4.35. The molecule has 0 aromatic heterocycles. The summed E-state index contributed by atoms with van der Waals surface area (Å²) in [4.78, 5) is 0. The maximum Gasteiger partial charge on any atom is 0.132 e. The molecule has 0 bridgehead atoms. The fourth-order valence-corrected chi connectivity index (χ4v) is 1.90. The fourth-order valence-electron chi connectivity index (χ4n) is 1.90. The van der Waals surface area contributed by atoms with Gasteiger partial charge in [0.1, 0.15) is 23.5 Å². The van der Waals surface area contributed by atoms with Crippen LogP contribution in [0.3, 0.4) is 0 Å². The molecule has 20 heavy (non-hydrogen) atoms. The zero-order valence-corrected chi connectivity index (χ0v) is 11.3. The lowest BCUT2D eigenvalue weighted by atomic mass is 10.0. The van der Waals surface area contributed by atoms with Crippen LogP contribution in [0.15, 0.2) is 42.5 Å². The summed E-state index contributed by atoms with van der Waals surface area (Å²) in [6.45, 7) is 3.83. The largest absolute Gasteiger partial charge is 0.491 e. The molecule has 2 aromatic carbocycles. The minimum Gasteiger partial charge on any atom is -0.491 e. The van der Waals surface area contributed by atoms with Crippen LogP contribution in [0.5, 0.6) is 5.75 Å². The maximum atomic E-state index is 13.6. The molecule has 0 radical (unpaired) electrons. The highest BCUT2D eigenvalue weighted by molar-refractivity contribution is 5.34. The number of aliphatic hydroxyl groups is 1. The first kappa shape index (κ1) is 14.5. The van der Waals surface area contributed by atoms with Crippen molar-refractivity contribution in [2.24, 2.45) is 0 Å². The van der Waals surface area contributed by atoms with Crippen LogP contribution in [0.1, 0.15) is 31.1 Å². The van der Waals surface area contributed by atoms with Crippen LogP contribution >= 0.6 is 0 Å². The molecule has 1 atom stereocenters. The quantitative estimate of drug-likeness (QED) is 0.921. The van der Waals surface area contributed by atoms with Crippen molar-refractivity contribution >= 4 is 0 Å². The maximum absolute atomic E-state index is 13.6. The van der Waals surface area contributed by atoms with Crippen molar-refractivity contribution in [1.82, 2.24) is 0 Å². The van der Waals surface area contributed by atoms with E-state index in [0.29, 0.717) is 11.3 Å². The number of hydrogen-bond donors (Lipinski definition) is 1. The topological polar surface area (TPSA) is 29.5 Å². The number of benzene rings is 2. The fraction of sp³-hybridized carbons (Fsp3) is 0.250. The van der Waals surface area contributed by atoms with Gasteiger partial charge >= 0.3 is 0 Å². The van der Waals surface area contributed by atoms with E-state index in [2.05, 4.69) is 0 Å². The van der Waals surface area contributed by atoms with Crippen LogP contribution < -0.4 is 4.74 Å². The summed E-state index contributed by atoms with van der Waals surface area (Å²) < 4.78 is 32.0. The Labute approximate surface area is 116 Å². The molecule has 0 saturated heterocycles. The van der Waals surface area contributed by atoms with Crippen molar-refractivity contribution in [2.75, 3.05) is 0 Å². The zero-order chi connectivity index (χ0) is 14.7. The van der Waals surface area contributed by atoms with Crippen LogP contribution in [0.25, 0.3) is 0 Å². The first-order valence-corrected chi connectivity index (χ1v) is 6.37. The van der Waals surface area contributed by atoms with Gasteiger partial charge in [-0.2, -0.15) is 0 Å². The number of halogens is 2. The third kappa shape index (κ3) is 3.33. The van der Waals surface area contributed by atoms with Crippen LogP contribution in [-0.4, -0.2) is 11.2 Å². The summed E-state index contributed by atoms with van der Waals surface area (Å²) in [5.41, 5.74) is 0.565. The molecule has 0 spiro atoms. The highest BCUT2D eigenvalue weighted by Gasteiger charge is 2.15. The zero-order valence-electron chi connectivity index (χ0n) is 11.3. The molecule has 0 fully saturated rings. The molecule has 0 heterocycles. The predicted molar refractivity (Wildman–Crippen MR) is 72.6 cm³/mol. The summed E-state index contributed by atoms with van der Waals surface area (Å²) in [6.07, 6.45) is -1.08. The summed E-state index contributed by atoms with van der Waals surface area (Å²) in [6, 6.07) is 9.86. The summed E-state index contributed by atoms with van der Waals surface area (Å²) in [5, 5.41) is 10.1. The first-order valence-electron chi connectivity index (χ1n) is 6.37. The molecular weight excluding hydrogens is 262 g/mol. The van der Waals surface area contributed by atoms with Crippen molar-refractivity contribution in [3.63, 3.8) is 0 Å². The van der Waals surface area contributed by atoms with Gasteiger partial charge in [0.2, 0.25) is 0 Å². The average molecular weight is 278 g/mol. The molecule has 106 valence electrons. The number of hydrogen-bond acceptors (Lipinski definition) is 2. The molecule has 1 unspecified atom stereocenters. The minimum absolute atomic E-state index is 0.0453. The van der Waals surface area contributed by atoms with Gasteiger partial charge in [-0.05, 0) is 37.6 Å². The second-order valence-corrected chi connectivity index (χ2v) is 4.80. The van der Waals surface area contributed by atoms with Crippen LogP contribution in [-0.2, 0) is 0 Å². The van der Waals surface area contributed by atoms with Gasteiger partial charge < -0.3 is 9.84 Å². The predicted octanol–water partition coefficient (Wildman–Crippen LogP) is 3.83. The Morgan fingerprint density at radius 1 is 1.00 bits per heavy atom. The van der Waals surface area contributed by atoms with Crippen molar-refractivity contribution in [1.29, 1.82) is 0 Å². The lowest BCUT2D eigenvalue weighted by Gasteiger charge is -2.14. The van der Waals surface area contributed by atoms with Crippen LogP contribution in [0.4, 0.5) is 8.78 Å². The van der Waals surface area contributed by atoms with Gasteiger partial charge in [0, 0.05) is 11.6 Å². The molecule has 2 aromatic rings. The monoisotopic (exact) mass is 278 g/mol. The standard InChI is InChI=1S/C16H16F2O2/c1-10(2)20-13-6-3-11(4-7-13)16(19)14-8-5-12(17)9-15(14)18/h3-10,16,19H,1-2H3. The van der Waals surface area contributed by atoms with E-state index in [0.717, 1.165) is 12.1 Å². The van der Waals surface area contributed by atoms with E-state index >= 15 is 0 Å². The van der Waals surface area contributed by atoms with E-state index in [9.17, 15) is 13.9 Å². The van der Waals surface area contributed by atoms with E-state index < -0.39 is 17.7 Å². The van der Waals surface area contributed by atoms with Crippen molar-refractivity contribution in [2.45, 2.75) is 26.1 Å². The molecule has 0 aliphatic carbocycles. The van der Waals surface area contributed by atoms with Gasteiger partial charge in [0.25, 0.3) is 0 Å². The smallest absolute Gasteiger partial charge is 0.132 e. The molecule has 1 N–H and O–H groups in total. The molecule has 4 heteroatoms. The van der Waals surface area contributed by atoms with Gasteiger partial charge in [-0.1, -0.05) is 18.2 Å². The summed E-state index contributed by atoms with van der Waals surface area (Å²) in [7, 11) is 0. The average Bonchev–Trinajstić information content (AvgIpc) is 2.38. The van der Waals surface area contributed by atoms with E-state index in [1.54, 1.807) is 24.3 Å². The Morgan fingerprint density at radius 2 is 1.65 bits per heavy atom. The van der Waals surface area contributed by atoms with Crippen LogP contribution in [0.2, 0.25) is 0 Å². The third-order valence-corrected chi connectivity index (χ3v) is 2.82. The van der Waals surface area contributed by atoms with Crippen molar-refractivity contribution < 1.29 is 18.6 Å². The summed E-state index contributed by atoms with van der Waals surface area (Å²) >= 11 is 0. The van der Waals surface area contributed by atoms with Gasteiger partial charge in [-0.25, -0.2) is 8.78 Å². The third-order valence-electron chi connectivity index (χ3n) is 2.82. The highest BCUT2D eigenvalue weighted by Crippen LogP contribution is 2.26. The Morgan fingerprint density at radius 3 is 2.20 bits per heavy atom. The van der Waals surface area contributed by atoms with Crippen molar-refractivity contribution in [3.05, 3.63) is 65.2 Å². The Bertz CT molecular complexity index is 580. The molecule has 0 aliphatic heterocycles. The lowest BCUT2D eigenvalue weighted by molar-refractivity contribution is 0.214. The Hall–Kier alpha value is -1.94. The summed E-state index contributed by atoms with van der Waals surface area (Å²) in [5.74, 6) is -0.755. The first-order chi connectivity index (χ1) is 9.47. The second-order valence-electron chi connectivity index (χ2n) is 4.80. The highest BCUT2D eigenvalue weighted by atomic mass is 19.1. The number of ether oxygens (including phenoxy) is 1. The van der Waals surface area contributed by atoms with Crippen molar-refractivity contribution in [3.8, 4) is 5.75 Å². The molecule has 0 aliphatic rings. The SMILES string of the molecule is CC(C)Oc1ccc(C(O)c2ccc(F)cc2F)cc1. The van der Waals surface area contributed by atoms with Gasteiger partial charge in [-0.15, -0.1) is 0 Å². The molecule has 0 amide bonds. The molecular formula is C16H16F2O2. The van der Waals surface area contributed by atoms with Crippen LogP contribution in [0, 0.1) is 11.6 Å².